The molecule has 0 aliphatic carbocycles. The van der Waals surface area contributed by atoms with Crippen molar-refractivity contribution in [1.82, 2.24) is 0 Å². The van der Waals surface area contributed by atoms with Crippen LogP contribution in [0.4, 0.5) is 0 Å². The number of carbonyl (C=O) groups excluding carboxylic acids is 6. The quantitative estimate of drug-likeness (QED) is 0.0332. The van der Waals surface area contributed by atoms with Gasteiger partial charge in [-0.2, -0.15) is 0 Å². The summed E-state index contributed by atoms with van der Waals surface area (Å²) in [6.45, 7) is 20.0. The molecule has 0 unspecified atom stereocenters. The van der Waals surface area contributed by atoms with E-state index in [1.54, 1.807) is 13.0 Å². The molecule has 0 N–H and O–H groups in total. The van der Waals surface area contributed by atoms with Gasteiger partial charge in [-0.05, 0) is 85.9 Å². The first-order valence-corrected chi connectivity index (χ1v) is 20.9. The fraction of sp³-hybridized carbons (Fsp3) is 0.469. The fourth-order valence-corrected chi connectivity index (χ4v) is 6.04. The standard InChI is InChI=1S/C49H64O13/c1-11-13-14-15-16-18-37-20-22-41(38(12-2)27-37)39-21-23-42(40(28-39)19-17-24-58-45(52)33(3)4)59-29-49(30-60-46(53)34(5)6,31-61-47(54)35(7)25-43(50)56-9)32-62-48(55)36(8)26-44(51)57-10/h20-23,27-28H,3,5,7-8,11-19,24-26,29-32H2,1-2,4,6,9-10H3. The van der Waals surface area contributed by atoms with Crippen molar-refractivity contribution in [1.29, 1.82) is 0 Å². The van der Waals surface area contributed by atoms with Crippen molar-refractivity contribution in [3.05, 3.63) is 102 Å². The monoisotopic (exact) mass is 860 g/mol. The lowest BCUT2D eigenvalue weighted by Crippen LogP contribution is -2.44. The zero-order valence-corrected chi connectivity index (χ0v) is 37.4. The van der Waals surface area contributed by atoms with Crippen LogP contribution in [0.25, 0.3) is 11.1 Å². The number of ether oxygens (including phenoxy) is 7. The molecule has 0 atom stereocenters. The average Bonchev–Trinajstić information content (AvgIpc) is 3.26. The predicted octanol–water partition coefficient (Wildman–Crippen LogP) is 8.29. The molecule has 13 heteroatoms. The number of methoxy groups -OCH3 is 2. The van der Waals surface area contributed by atoms with Crippen LogP contribution in [0.3, 0.4) is 0 Å². The highest BCUT2D eigenvalue weighted by Crippen LogP contribution is 2.33. The molecule has 0 saturated heterocycles. The molecule has 62 heavy (non-hydrogen) atoms. The minimum Gasteiger partial charge on any atom is -0.492 e. The number of unbranched alkanes of at least 4 members (excludes halogenated alkanes) is 4. The molecule has 338 valence electrons. The van der Waals surface area contributed by atoms with Gasteiger partial charge in [0.2, 0.25) is 0 Å². The molecule has 0 spiro atoms. The fourth-order valence-electron chi connectivity index (χ4n) is 6.04. The summed E-state index contributed by atoms with van der Waals surface area (Å²) < 4.78 is 37.9. The zero-order chi connectivity index (χ0) is 46.2. The normalized spacial score (nSPS) is 10.8. The van der Waals surface area contributed by atoms with Crippen LogP contribution in [-0.4, -0.2) is 83.1 Å². The Labute approximate surface area is 366 Å². The maximum Gasteiger partial charge on any atom is 0.334 e. The van der Waals surface area contributed by atoms with E-state index in [9.17, 15) is 28.8 Å². The number of carbonyl (C=O) groups is 6. The molecule has 0 saturated carbocycles. The van der Waals surface area contributed by atoms with Crippen LogP contribution < -0.4 is 4.74 Å². The summed E-state index contributed by atoms with van der Waals surface area (Å²) in [6.07, 6.45) is 7.74. The van der Waals surface area contributed by atoms with E-state index in [-0.39, 0.29) is 35.5 Å². The Morgan fingerprint density at radius 2 is 1.13 bits per heavy atom. The Morgan fingerprint density at radius 3 is 1.66 bits per heavy atom. The second-order valence-electron chi connectivity index (χ2n) is 15.4. The molecule has 2 rings (SSSR count). The minimum absolute atomic E-state index is 0.0726. The summed E-state index contributed by atoms with van der Waals surface area (Å²) in [5.74, 6) is -4.25. The highest BCUT2D eigenvalue weighted by Gasteiger charge is 2.38. The first kappa shape index (κ1) is 52.2. The van der Waals surface area contributed by atoms with Gasteiger partial charge in [0.1, 0.15) is 37.6 Å². The van der Waals surface area contributed by atoms with E-state index in [1.165, 1.54) is 43.7 Å². The molecule has 0 radical (unpaired) electrons. The lowest BCUT2D eigenvalue weighted by molar-refractivity contribution is -0.161. The topological polar surface area (TPSA) is 167 Å². The van der Waals surface area contributed by atoms with E-state index in [0.29, 0.717) is 18.6 Å². The summed E-state index contributed by atoms with van der Waals surface area (Å²) in [5, 5.41) is 0. The summed E-state index contributed by atoms with van der Waals surface area (Å²) in [6, 6.07) is 12.3. The third-order valence-corrected chi connectivity index (χ3v) is 9.82. The number of hydrogen-bond acceptors (Lipinski definition) is 13. The molecule has 0 amide bonds. The molecule has 2 aromatic rings. The summed E-state index contributed by atoms with van der Waals surface area (Å²) in [5.41, 5.74) is 3.56. The molecule has 2 aromatic carbocycles. The minimum atomic E-state index is -1.58. The number of esters is 6. The highest BCUT2D eigenvalue weighted by atomic mass is 16.6. The highest BCUT2D eigenvalue weighted by molar-refractivity contribution is 5.94. The van der Waals surface area contributed by atoms with Gasteiger partial charge >= 0.3 is 35.8 Å². The van der Waals surface area contributed by atoms with Gasteiger partial charge in [0.15, 0.2) is 0 Å². The van der Waals surface area contributed by atoms with Gasteiger partial charge in [0, 0.05) is 22.3 Å². The van der Waals surface area contributed by atoms with Crippen LogP contribution in [0.1, 0.15) is 95.8 Å². The van der Waals surface area contributed by atoms with E-state index in [0.717, 1.165) is 50.2 Å². The lowest BCUT2D eigenvalue weighted by atomic mass is 9.91. The van der Waals surface area contributed by atoms with Gasteiger partial charge in [-0.1, -0.05) is 90.1 Å². The Kier molecular flexibility index (Phi) is 22.8. The number of benzene rings is 2. The van der Waals surface area contributed by atoms with E-state index in [1.807, 2.05) is 12.1 Å². The molecule has 0 bridgehead atoms. The zero-order valence-electron chi connectivity index (χ0n) is 37.4. The van der Waals surface area contributed by atoms with Crippen molar-refractivity contribution in [3.63, 3.8) is 0 Å². The molecule has 0 heterocycles. The van der Waals surface area contributed by atoms with Crippen LogP contribution in [0.2, 0.25) is 0 Å². The maximum absolute atomic E-state index is 13.1. The molecule has 0 fully saturated rings. The molecule has 0 aliphatic heterocycles. The van der Waals surface area contributed by atoms with Crippen LogP contribution in [0, 0.1) is 5.41 Å². The molecular formula is C49H64O13. The van der Waals surface area contributed by atoms with E-state index < -0.39 is 73.9 Å². The molecular weight excluding hydrogens is 797 g/mol. The average molecular weight is 861 g/mol. The number of hydrogen-bond donors (Lipinski definition) is 0. The summed E-state index contributed by atoms with van der Waals surface area (Å²) >= 11 is 0. The van der Waals surface area contributed by atoms with Crippen molar-refractivity contribution in [3.8, 4) is 16.9 Å². The van der Waals surface area contributed by atoms with E-state index in [2.05, 4.69) is 67.8 Å². The maximum atomic E-state index is 13.1. The summed E-state index contributed by atoms with van der Waals surface area (Å²) in [7, 11) is 2.32. The molecule has 0 aromatic heterocycles. The van der Waals surface area contributed by atoms with Gasteiger partial charge in [0.25, 0.3) is 0 Å². The first-order valence-electron chi connectivity index (χ1n) is 20.9. The summed E-state index contributed by atoms with van der Waals surface area (Å²) in [4.78, 5) is 74.8. The third-order valence-electron chi connectivity index (χ3n) is 9.82. The lowest BCUT2D eigenvalue weighted by Gasteiger charge is -2.32. The molecule has 0 aliphatic rings. The Morgan fingerprint density at radius 1 is 0.581 bits per heavy atom. The first-order chi connectivity index (χ1) is 29.5. The smallest absolute Gasteiger partial charge is 0.334 e. The van der Waals surface area contributed by atoms with Gasteiger partial charge in [0.05, 0.1) is 33.7 Å². The van der Waals surface area contributed by atoms with Gasteiger partial charge in [-0.15, -0.1) is 0 Å². The van der Waals surface area contributed by atoms with E-state index in [4.69, 9.17) is 23.7 Å². The Bertz CT molecular complexity index is 1890. The number of aryl methyl sites for hydroxylation is 3. The Hall–Kier alpha value is -5.98. The van der Waals surface area contributed by atoms with Crippen molar-refractivity contribution >= 4 is 35.8 Å². The van der Waals surface area contributed by atoms with Gasteiger partial charge in [-0.25, -0.2) is 19.2 Å². The van der Waals surface area contributed by atoms with Crippen molar-refractivity contribution in [2.24, 2.45) is 5.41 Å². The predicted molar refractivity (Wildman–Crippen MR) is 235 cm³/mol. The molecule has 13 nitrogen and oxygen atoms in total. The second kappa shape index (κ2) is 27.1. The van der Waals surface area contributed by atoms with Crippen LogP contribution in [0.15, 0.2) is 85.0 Å². The van der Waals surface area contributed by atoms with Crippen LogP contribution in [-0.2, 0) is 76.5 Å². The largest absolute Gasteiger partial charge is 0.492 e. The Balaban J connectivity index is 2.61. The third kappa shape index (κ3) is 17.9. The van der Waals surface area contributed by atoms with Crippen molar-refractivity contribution in [2.45, 2.75) is 98.3 Å². The second-order valence-corrected chi connectivity index (χ2v) is 15.4. The van der Waals surface area contributed by atoms with Gasteiger partial charge in [-0.3, -0.25) is 9.59 Å². The number of rotatable bonds is 29. The SMILES string of the molecule is C=C(C)C(=O)OCCCc1cc(-c2ccc(CCCCCCC)cc2CC)ccc1OCC(COC(=O)C(=C)C)(COC(=O)C(=C)CC(=O)OC)COC(=O)C(=C)CC(=O)OC. The van der Waals surface area contributed by atoms with Crippen LogP contribution in [0.5, 0.6) is 5.75 Å². The van der Waals surface area contributed by atoms with Gasteiger partial charge < -0.3 is 33.2 Å². The van der Waals surface area contributed by atoms with Crippen molar-refractivity contribution < 1.29 is 61.9 Å². The van der Waals surface area contributed by atoms with Crippen molar-refractivity contribution in [2.75, 3.05) is 47.3 Å². The van der Waals surface area contributed by atoms with E-state index >= 15 is 0 Å². The van der Waals surface area contributed by atoms with Crippen LogP contribution >= 0.6 is 0 Å².